The molecule has 1 aliphatic rings. The van der Waals surface area contributed by atoms with E-state index in [-0.39, 0.29) is 41.7 Å². The number of carboxylic acid groups (broad SMARTS) is 1. The van der Waals surface area contributed by atoms with Crippen LogP contribution in [0, 0.1) is 24.7 Å². The maximum atomic E-state index is 14.3. The Hall–Kier alpha value is -6.13. The fraction of sp³-hybridized carbons (Fsp3) is 0.419. The molecule has 0 spiro atoms. The number of alkyl carbamates (subject to hydrolysis) is 1. The van der Waals surface area contributed by atoms with Crippen LogP contribution in [-0.2, 0) is 36.2 Å². The number of carbonyl (C=O) groups is 5. The number of carboxylic acids is 1. The van der Waals surface area contributed by atoms with Crippen molar-refractivity contribution >= 4 is 35.4 Å². The summed E-state index contributed by atoms with van der Waals surface area (Å²) in [7, 11) is 1.31. The van der Waals surface area contributed by atoms with Crippen molar-refractivity contribution in [3.05, 3.63) is 89.2 Å². The first-order chi connectivity index (χ1) is 28.2. The van der Waals surface area contributed by atoms with Crippen LogP contribution in [0.2, 0.25) is 0 Å². The van der Waals surface area contributed by atoms with E-state index in [1.165, 1.54) is 31.4 Å². The summed E-state index contributed by atoms with van der Waals surface area (Å²) in [5, 5.41) is 19.4. The van der Waals surface area contributed by atoms with Gasteiger partial charge in [-0.2, -0.15) is 22.7 Å². The highest BCUT2D eigenvalue weighted by Crippen LogP contribution is 2.42. The zero-order valence-corrected chi connectivity index (χ0v) is 33.7. The molecule has 1 fully saturated rings. The Kier molecular flexibility index (Phi) is 13.8. The lowest BCUT2D eigenvalue weighted by Gasteiger charge is -2.29. The molecule has 60 heavy (non-hydrogen) atoms. The first-order valence-electron chi connectivity index (χ1n) is 19.3. The number of methoxy groups -OCH3 is 1. The van der Waals surface area contributed by atoms with Gasteiger partial charge in [-0.05, 0) is 124 Å². The van der Waals surface area contributed by atoms with Crippen LogP contribution < -0.4 is 10.6 Å². The van der Waals surface area contributed by atoms with E-state index >= 15 is 0 Å². The molecule has 17 heteroatoms. The van der Waals surface area contributed by atoms with Crippen LogP contribution in [0.1, 0.15) is 80.2 Å². The van der Waals surface area contributed by atoms with Crippen molar-refractivity contribution in [3.63, 3.8) is 0 Å². The molecule has 320 valence electrons. The maximum Gasteiger partial charge on any atom is 0.411 e. The molecule has 0 radical (unpaired) electrons. The number of nitrogens with one attached hydrogen (secondary N) is 3. The lowest BCUT2D eigenvalue weighted by atomic mass is 9.77. The van der Waals surface area contributed by atoms with Crippen molar-refractivity contribution < 1.29 is 56.1 Å². The third-order valence-electron chi connectivity index (χ3n) is 10.3. The zero-order valence-electron chi connectivity index (χ0n) is 33.7. The lowest BCUT2D eigenvalue weighted by Crippen LogP contribution is -2.45. The number of aryl methyl sites for hydroxylation is 1. The smallest absolute Gasteiger partial charge is 0.411 e. The summed E-state index contributed by atoms with van der Waals surface area (Å²) in [6, 6.07) is 18.2. The molecular weight excluding hydrogens is 790 g/mol. The van der Waals surface area contributed by atoms with Crippen molar-refractivity contribution in [1.82, 2.24) is 20.5 Å². The number of aliphatic carboxylic acids is 1. The van der Waals surface area contributed by atoms with Crippen molar-refractivity contribution in [2.75, 3.05) is 19.0 Å². The number of hydrogen-bond donors (Lipinski definition) is 4. The Labute approximate surface area is 343 Å². The standard InChI is InChI=1S/C43H47F4N5O8/c1-24-6-11-30(37(55)59-5)21-33(24)27-12-7-25(8-13-27)20-31(22-34(53)28-14-9-26(10-15-28)23-48-40(58)60-41(2,3)4)36(54)49-32-18-16-29(17-19-32)35-50-38(52-51-35)42(44,45)43(46,47)39(56)57/h6-8,11-13,16-19,21,26,28,31H,9-10,14-15,20,22-23H2,1-5H3,(H,48,58)(H,49,54)(H,56,57)(H,50,51,52)/t26?,28?,31-/m1/s1. The molecule has 1 aliphatic carbocycles. The van der Waals surface area contributed by atoms with Gasteiger partial charge in [0.05, 0.1) is 12.7 Å². The van der Waals surface area contributed by atoms with Gasteiger partial charge in [-0.1, -0.05) is 30.3 Å². The van der Waals surface area contributed by atoms with Gasteiger partial charge in [0.15, 0.2) is 5.82 Å². The topological polar surface area (TPSA) is 190 Å². The highest BCUT2D eigenvalue weighted by molar-refractivity contribution is 5.96. The van der Waals surface area contributed by atoms with Gasteiger partial charge in [0, 0.05) is 36.1 Å². The minimum absolute atomic E-state index is 0.0629. The summed E-state index contributed by atoms with van der Waals surface area (Å²) < 4.78 is 66.2. The maximum absolute atomic E-state index is 14.3. The molecule has 0 saturated heterocycles. The van der Waals surface area contributed by atoms with Crippen LogP contribution in [0.3, 0.4) is 0 Å². The van der Waals surface area contributed by atoms with Crippen molar-refractivity contribution in [1.29, 1.82) is 0 Å². The van der Waals surface area contributed by atoms with Gasteiger partial charge < -0.3 is 25.2 Å². The second-order valence-corrected chi connectivity index (χ2v) is 15.9. The van der Waals surface area contributed by atoms with Gasteiger partial charge in [0.25, 0.3) is 0 Å². The Bertz CT molecular complexity index is 2200. The van der Waals surface area contributed by atoms with E-state index in [0.717, 1.165) is 22.3 Å². The van der Waals surface area contributed by atoms with Gasteiger partial charge in [-0.3, -0.25) is 14.7 Å². The average molecular weight is 838 g/mol. The lowest BCUT2D eigenvalue weighted by molar-refractivity contribution is -0.231. The van der Waals surface area contributed by atoms with Crippen LogP contribution >= 0.6 is 0 Å². The average Bonchev–Trinajstić information content (AvgIpc) is 3.71. The number of rotatable bonds is 15. The summed E-state index contributed by atoms with van der Waals surface area (Å²) in [6.45, 7) is 7.68. The second kappa shape index (κ2) is 18.4. The normalized spacial score (nSPS) is 16.4. The third-order valence-corrected chi connectivity index (χ3v) is 10.3. The van der Waals surface area contributed by atoms with Crippen molar-refractivity contribution in [2.45, 2.75) is 83.7 Å². The largest absolute Gasteiger partial charge is 0.477 e. The number of ketones is 1. The summed E-state index contributed by atoms with van der Waals surface area (Å²) in [5.41, 5.74) is 3.49. The van der Waals surface area contributed by atoms with Gasteiger partial charge in [0.2, 0.25) is 11.7 Å². The highest BCUT2D eigenvalue weighted by atomic mass is 19.3. The van der Waals surface area contributed by atoms with E-state index in [0.29, 0.717) is 37.8 Å². The van der Waals surface area contributed by atoms with Gasteiger partial charge in [0.1, 0.15) is 11.4 Å². The summed E-state index contributed by atoms with van der Waals surface area (Å²) in [5.74, 6) is -17.6. The molecule has 1 heterocycles. The van der Waals surface area contributed by atoms with E-state index in [9.17, 15) is 41.5 Å². The van der Waals surface area contributed by atoms with Crippen LogP contribution in [-0.4, -0.2) is 75.2 Å². The number of aromatic amines is 1. The second-order valence-electron chi connectivity index (χ2n) is 15.9. The quantitative estimate of drug-likeness (QED) is 0.0672. The number of carbonyl (C=O) groups excluding carboxylic acids is 4. The Morgan fingerprint density at radius 3 is 2.13 bits per heavy atom. The van der Waals surface area contributed by atoms with Crippen LogP contribution in [0.5, 0.6) is 0 Å². The highest BCUT2D eigenvalue weighted by Gasteiger charge is 2.65. The summed E-state index contributed by atoms with van der Waals surface area (Å²) in [4.78, 5) is 66.2. The molecule has 4 N–H and O–H groups in total. The molecule has 0 unspecified atom stereocenters. The Morgan fingerprint density at radius 2 is 1.53 bits per heavy atom. The van der Waals surface area contributed by atoms with Crippen molar-refractivity contribution in [3.8, 4) is 22.5 Å². The Balaban J connectivity index is 1.30. The van der Waals surface area contributed by atoms with E-state index in [2.05, 4.69) is 20.7 Å². The van der Waals surface area contributed by atoms with Gasteiger partial charge in [-0.25, -0.2) is 19.4 Å². The minimum Gasteiger partial charge on any atom is -0.477 e. The number of Topliss-reactive ketones (excluding diaryl/α,β-unsaturated/α-hetero) is 1. The molecule has 4 aromatic rings. The van der Waals surface area contributed by atoms with E-state index in [1.54, 1.807) is 38.0 Å². The van der Waals surface area contributed by atoms with Crippen molar-refractivity contribution in [2.24, 2.45) is 17.8 Å². The van der Waals surface area contributed by atoms with Gasteiger partial charge in [-0.15, -0.1) is 0 Å². The number of esters is 1. The number of ether oxygens (including phenoxy) is 2. The Morgan fingerprint density at radius 1 is 0.900 bits per heavy atom. The van der Waals surface area contributed by atoms with Crippen LogP contribution in [0.4, 0.5) is 28.0 Å². The fourth-order valence-electron chi connectivity index (χ4n) is 6.94. The molecule has 1 aromatic heterocycles. The molecule has 3 aromatic carbocycles. The number of benzene rings is 3. The molecule has 1 atom stereocenters. The first kappa shape index (κ1) is 45.0. The predicted molar refractivity (Wildman–Crippen MR) is 211 cm³/mol. The molecule has 0 bridgehead atoms. The molecule has 13 nitrogen and oxygen atoms in total. The summed E-state index contributed by atoms with van der Waals surface area (Å²) >= 11 is 0. The van der Waals surface area contributed by atoms with E-state index in [1.807, 2.05) is 37.3 Å². The monoisotopic (exact) mass is 837 g/mol. The number of nitrogens with zero attached hydrogens (tertiary/aromatic N) is 2. The van der Waals surface area contributed by atoms with E-state index in [4.69, 9.17) is 14.6 Å². The number of amides is 2. The number of H-pyrrole nitrogens is 1. The fourth-order valence-corrected chi connectivity index (χ4v) is 6.94. The SMILES string of the molecule is COC(=O)c1ccc(C)c(-c2ccc(C[C@H](CC(=O)C3CCC(CNC(=O)OC(C)(C)C)CC3)C(=O)Nc3ccc(-c4n[nH]c(C(F)(F)C(F)(F)C(=O)O)n4)cc3)cc2)c1. The molecule has 2 amide bonds. The number of halogens is 4. The first-order valence-corrected chi connectivity index (χ1v) is 19.3. The number of aromatic nitrogens is 3. The molecule has 0 aliphatic heterocycles. The van der Waals surface area contributed by atoms with Crippen LogP contribution in [0.25, 0.3) is 22.5 Å². The molecule has 1 saturated carbocycles. The predicted octanol–water partition coefficient (Wildman–Crippen LogP) is 8.13. The molecule has 5 rings (SSSR count). The minimum atomic E-state index is -5.45. The summed E-state index contributed by atoms with van der Waals surface area (Å²) in [6.07, 6.45) is 2.24. The van der Waals surface area contributed by atoms with Gasteiger partial charge >= 0.3 is 29.9 Å². The van der Waals surface area contributed by atoms with E-state index < -0.39 is 59.0 Å². The number of anilines is 1. The number of hydrogen-bond acceptors (Lipinski definition) is 9. The number of alkyl halides is 4. The zero-order chi connectivity index (χ0) is 44.0. The van der Waals surface area contributed by atoms with Crippen LogP contribution in [0.15, 0.2) is 66.7 Å². The molecular formula is C43H47F4N5O8. The third kappa shape index (κ3) is 10.9.